The van der Waals surface area contributed by atoms with Crippen molar-refractivity contribution in [1.29, 1.82) is 0 Å². The van der Waals surface area contributed by atoms with Crippen molar-refractivity contribution < 1.29 is 14.8 Å². The molecule has 1 aliphatic carbocycles. The molecule has 9 heteroatoms. The second-order valence-electron chi connectivity index (χ2n) is 4.91. The highest BCUT2D eigenvalue weighted by Gasteiger charge is 2.28. The van der Waals surface area contributed by atoms with E-state index in [1.54, 1.807) is 12.1 Å². The Labute approximate surface area is 122 Å². The third-order valence-electron chi connectivity index (χ3n) is 3.66. The molecule has 0 saturated carbocycles. The molecule has 22 heavy (non-hydrogen) atoms. The second kappa shape index (κ2) is 4.38. The molecule has 2 aromatic heterocycles. The number of fused-ring (bicyclic) bond motifs is 3. The molecule has 1 N–H and O–H groups in total. The first kappa shape index (κ1) is 12.5. The van der Waals surface area contributed by atoms with Crippen molar-refractivity contribution in [1.82, 2.24) is 20.0 Å². The van der Waals surface area contributed by atoms with E-state index in [1.807, 2.05) is 0 Å². The number of rotatable bonds is 2. The standard InChI is InChI=1S/C13H9N5O4/c19-17-10-6-5-9-11(16-22-15-9)12(10)14-13(17)7-1-3-8(4-2-7)18(20)21/h1-4,19H,5-6H2. The maximum atomic E-state index is 10.7. The lowest BCUT2D eigenvalue weighted by Crippen LogP contribution is -2.07. The molecule has 1 aliphatic rings. The number of hydrogen-bond acceptors (Lipinski definition) is 7. The van der Waals surface area contributed by atoms with E-state index in [2.05, 4.69) is 15.3 Å². The van der Waals surface area contributed by atoms with Crippen molar-refractivity contribution in [3.05, 3.63) is 45.8 Å². The summed E-state index contributed by atoms with van der Waals surface area (Å²) in [6.45, 7) is 0. The van der Waals surface area contributed by atoms with Crippen LogP contribution < -0.4 is 0 Å². The third kappa shape index (κ3) is 1.68. The fourth-order valence-corrected chi connectivity index (χ4v) is 2.57. The number of aryl methyl sites for hydroxylation is 1. The number of aromatic nitrogens is 4. The Morgan fingerprint density at radius 1 is 1.18 bits per heavy atom. The molecule has 0 bridgehead atoms. The van der Waals surface area contributed by atoms with Gasteiger partial charge < -0.3 is 5.21 Å². The minimum absolute atomic E-state index is 0.0208. The summed E-state index contributed by atoms with van der Waals surface area (Å²) >= 11 is 0. The minimum atomic E-state index is -0.479. The van der Waals surface area contributed by atoms with Gasteiger partial charge in [0.15, 0.2) is 11.5 Å². The topological polar surface area (TPSA) is 120 Å². The van der Waals surface area contributed by atoms with Gasteiger partial charge in [0.1, 0.15) is 11.4 Å². The lowest BCUT2D eigenvalue weighted by atomic mass is 10.0. The Bertz CT molecular complexity index is 880. The van der Waals surface area contributed by atoms with E-state index in [1.165, 1.54) is 12.1 Å². The predicted molar refractivity (Wildman–Crippen MR) is 72.2 cm³/mol. The van der Waals surface area contributed by atoms with Crippen molar-refractivity contribution in [3.63, 3.8) is 0 Å². The number of hydrogen-bond donors (Lipinski definition) is 1. The van der Waals surface area contributed by atoms with Crippen LogP contribution in [0.5, 0.6) is 0 Å². The summed E-state index contributed by atoms with van der Waals surface area (Å²) in [5.74, 6) is 0.302. The number of imidazole rings is 1. The molecule has 0 amide bonds. The Morgan fingerprint density at radius 2 is 1.95 bits per heavy atom. The summed E-state index contributed by atoms with van der Waals surface area (Å²) in [4.78, 5) is 14.6. The van der Waals surface area contributed by atoms with E-state index in [0.717, 1.165) is 4.73 Å². The maximum absolute atomic E-state index is 10.7. The molecule has 1 aromatic carbocycles. The molecule has 110 valence electrons. The van der Waals surface area contributed by atoms with Crippen molar-refractivity contribution in [2.75, 3.05) is 0 Å². The zero-order chi connectivity index (χ0) is 15.3. The molecular weight excluding hydrogens is 290 g/mol. The van der Waals surface area contributed by atoms with E-state index in [0.29, 0.717) is 47.0 Å². The molecular formula is C13H9N5O4. The fraction of sp³-hybridized carbons (Fsp3) is 0.154. The van der Waals surface area contributed by atoms with Crippen LogP contribution in [0.4, 0.5) is 5.69 Å². The number of non-ortho nitro benzene ring substituents is 1. The van der Waals surface area contributed by atoms with Gasteiger partial charge in [0.2, 0.25) is 0 Å². The van der Waals surface area contributed by atoms with Gasteiger partial charge in [0.05, 0.1) is 10.6 Å². The lowest BCUT2D eigenvalue weighted by Gasteiger charge is -2.08. The van der Waals surface area contributed by atoms with Gasteiger partial charge in [-0.25, -0.2) is 9.61 Å². The van der Waals surface area contributed by atoms with Gasteiger partial charge in [-0.15, -0.1) is 0 Å². The first-order chi connectivity index (χ1) is 10.6. The molecule has 0 radical (unpaired) electrons. The van der Waals surface area contributed by atoms with Crippen LogP contribution in [0.15, 0.2) is 28.9 Å². The molecule has 4 rings (SSSR count). The largest absolute Gasteiger partial charge is 0.427 e. The van der Waals surface area contributed by atoms with E-state index in [9.17, 15) is 15.3 Å². The lowest BCUT2D eigenvalue weighted by molar-refractivity contribution is -0.384. The van der Waals surface area contributed by atoms with Gasteiger partial charge in [-0.05, 0) is 23.7 Å². The van der Waals surface area contributed by atoms with Crippen LogP contribution in [-0.2, 0) is 12.8 Å². The first-order valence-corrected chi connectivity index (χ1v) is 6.52. The van der Waals surface area contributed by atoms with Crippen LogP contribution in [0.2, 0.25) is 0 Å². The summed E-state index contributed by atoms with van der Waals surface area (Å²) in [5, 5.41) is 28.6. The SMILES string of the molecule is O=[N+]([O-])c1ccc(-c2nc3c(n2O)CCc2nonc2-3)cc1. The average molecular weight is 299 g/mol. The normalized spacial score (nSPS) is 12.7. The van der Waals surface area contributed by atoms with Gasteiger partial charge in [-0.2, -0.15) is 4.73 Å². The van der Waals surface area contributed by atoms with Gasteiger partial charge in [0, 0.05) is 24.1 Å². The summed E-state index contributed by atoms with van der Waals surface area (Å²) < 4.78 is 5.71. The van der Waals surface area contributed by atoms with Crippen molar-refractivity contribution in [2.45, 2.75) is 12.8 Å². The van der Waals surface area contributed by atoms with Gasteiger partial charge >= 0.3 is 0 Å². The van der Waals surface area contributed by atoms with E-state index >= 15 is 0 Å². The minimum Gasteiger partial charge on any atom is -0.427 e. The Kier molecular flexibility index (Phi) is 2.49. The van der Waals surface area contributed by atoms with Crippen LogP contribution in [0.3, 0.4) is 0 Å². The Hall–Kier alpha value is -3.23. The molecule has 3 aromatic rings. The molecule has 9 nitrogen and oxygen atoms in total. The van der Waals surface area contributed by atoms with E-state index < -0.39 is 4.92 Å². The second-order valence-corrected chi connectivity index (χ2v) is 4.91. The first-order valence-electron chi connectivity index (χ1n) is 6.52. The molecule has 0 atom stereocenters. The monoisotopic (exact) mass is 299 g/mol. The van der Waals surface area contributed by atoms with Gasteiger partial charge in [-0.3, -0.25) is 10.1 Å². The zero-order valence-corrected chi connectivity index (χ0v) is 11.1. The summed E-state index contributed by atoms with van der Waals surface area (Å²) in [6.07, 6.45) is 1.17. The fourth-order valence-electron chi connectivity index (χ4n) is 2.57. The van der Waals surface area contributed by atoms with Crippen LogP contribution in [0.25, 0.3) is 22.8 Å². The average Bonchev–Trinajstić information content (AvgIpc) is 3.12. The number of nitro benzene ring substituents is 1. The molecule has 0 fully saturated rings. The summed E-state index contributed by atoms with van der Waals surface area (Å²) in [5.41, 5.74) is 2.93. The van der Waals surface area contributed by atoms with Crippen LogP contribution >= 0.6 is 0 Å². The van der Waals surface area contributed by atoms with Gasteiger partial charge in [0.25, 0.3) is 5.69 Å². The van der Waals surface area contributed by atoms with Crippen LogP contribution in [0, 0.1) is 10.1 Å². The van der Waals surface area contributed by atoms with E-state index in [4.69, 9.17) is 4.63 Å². The smallest absolute Gasteiger partial charge is 0.269 e. The quantitative estimate of drug-likeness (QED) is 0.435. The highest BCUT2D eigenvalue weighted by atomic mass is 16.6. The third-order valence-corrected chi connectivity index (χ3v) is 3.66. The Morgan fingerprint density at radius 3 is 2.68 bits per heavy atom. The molecule has 2 heterocycles. The van der Waals surface area contributed by atoms with Crippen LogP contribution in [-0.4, -0.2) is 30.2 Å². The molecule has 0 spiro atoms. The number of nitro groups is 1. The molecule has 0 unspecified atom stereocenters. The molecule has 0 aliphatic heterocycles. The van der Waals surface area contributed by atoms with E-state index in [-0.39, 0.29) is 5.69 Å². The maximum Gasteiger partial charge on any atom is 0.269 e. The highest BCUT2D eigenvalue weighted by Crippen LogP contribution is 2.33. The molecule has 0 saturated heterocycles. The predicted octanol–water partition coefficient (Wildman–Crippen LogP) is 1.84. The van der Waals surface area contributed by atoms with Gasteiger partial charge in [-0.1, -0.05) is 5.16 Å². The van der Waals surface area contributed by atoms with Crippen LogP contribution in [0.1, 0.15) is 11.4 Å². The summed E-state index contributed by atoms with van der Waals surface area (Å²) in [6, 6.07) is 5.82. The van der Waals surface area contributed by atoms with Crippen molar-refractivity contribution >= 4 is 5.69 Å². The van der Waals surface area contributed by atoms with Crippen molar-refractivity contribution in [3.8, 4) is 22.8 Å². The number of nitrogens with zero attached hydrogens (tertiary/aromatic N) is 5. The van der Waals surface area contributed by atoms with Crippen molar-refractivity contribution in [2.24, 2.45) is 0 Å². The highest BCUT2D eigenvalue weighted by molar-refractivity contribution is 5.68. The zero-order valence-electron chi connectivity index (χ0n) is 11.1. The number of benzene rings is 1. The summed E-state index contributed by atoms with van der Waals surface area (Å²) in [7, 11) is 0. The Balaban J connectivity index is 1.83.